The third kappa shape index (κ3) is 5.81. The highest BCUT2D eigenvalue weighted by molar-refractivity contribution is 5.79. The molecule has 0 saturated heterocycles. The quantitative estimate of drug-likeness (QED) is 0.660. The van der Waals surface area contributed by atoms with E-state index in [4.69, 9.17) is 4.74 Å². The van der Waals surface area contributed by atoms with Crippen molar-refractivity contribution in [2.45, 2.75) is 41.0 Å². The minimum absolute atomic E-state index is 0.210. The Balaban J connectivity index is 3.79. The van der Waals surface area contributed by atoms with Crippen molar-refractivity contribution >= 4 is 5.78 Å². The summed E-state index contributed by atoms with van der Waals surface area (Å²) in [5.41, 5.74) is 0.210. The average Bonchev–Trinajstić information content (AvgIpc) is 1.99. The smallest absolute Gasteiger partial charge is 0.158 e. The van der Waals surface area contributed by atoms with Gasteiger partial charge in [0, 0.05) is 13.0 Å². The molecule has 0 bridgehead atoms. The highest BCUT2D eigenvalue weighted by Gasteiger charge is 2.22. The van der Waals surface area contributed by atoms with E-state index < -0.39 is 0 Å². The molecule has 0 heterocycles. The Morgan fingerprint density at radius 2 is 1.92 bits per heavy atom. The molecule has 1 atom stereocenters. The summed E-state index contributed by atoms with van der Waals surface area (Å²) in [5, 5.41) is 0. The van der Waals surface area contributed by atoms with Crippen LogP contribution in [0, 0.1) is 11.3 Å². The third-order valence-corrected chi connectivity index (χ3v) is 2.48. The minimum atomic E-state index is 0.210. The van der Waals surface area contributed by atoms with Gasteiger partial charge in [-0.3, -0.25) is 4.79 Å². The van der Waals surface area contributed by atoms with Gasteiger partial charge < -0.3 is 4.74 Å². The molecule has 13 heavy (non-hydrogen) atoms. The van der Waals surface area contributed by atoms with Gasteiger partial charge in [0.2, 0.25) is 0 Å². The molecule has 1 unspecified atom stereocenters. The van der Waals surface area contributed by atoms with Gasteiger partial charge in [0.1, 0.15) is 6.61 Å². The molecule has 0 rings (SSSR count). The Bertz CT molecular complexity index is 156. The fraction of sp³-hybridized carbons (Fsp3) is 0.909. The number of ether oxygens (including phenoxy) is 1. The summed E-state index contributed by atoms with van der Waals surface area (Å²) in [4.78, 5) is 11.3. The summed E-state index contributed by atoms with van der Waals surface area (Å²) in [6.07, 6.45) is 0.628. The first-order valence-electron chi connectivity index (χ1n) is 4.97. The number of rotatable bonds is 5. The van der Waals surface area contributed by atoms with Crippen LogP contribution in [-0.2, 0) is 9.53 Å². The highest BCUT2D eigenvalue weighted by Crippen LogP contribution is 2.27. The second-order valence-corrected chi connectivity index (χ2v) is 4.65. The van der Waals surface area contributed by atoms with E-state index in [1.807, 2.05) is 6.92 Å². The van der Waals surface area contributed by atoms with E-state index >= 15 is 0 Å². The van der Waals surface area contributed by atoms with Crippen LogP contribution in [0.2, 0.25) is 0 Å². The predicted octanol–water partition coefficient (Wildman–Crippen LogP) is 2.66. The molecule has 2 nitrogen and oxygen atoms in total. The molecule has 0 aromatic carbocycles. The summed E-state index contributed by atoms with van der Waals surface area (Å²) in [7, 11) is 0. The van der Waals surface area contributed by atoms with E-state index in [2.05, 4.69) is 27.7 Å². The van der Waals surface area contributed by atoms with Crippen molar-refractivity contribution in [3.63, 3.8) is 0 Å². The molecule has 78 valence electrons. The zero-order valence-electron chi connectivity index (χ0n) is 9.52. The highest BCUT2D eigenvalue weighted by atomic mass is 16.5. The van der Waals surface area contributed by atoms with Crippen LogP contribution in [0.1, 0.15) is 41.0 Å². The van der Waals surface area contributed by atoms with Crippen LogP contribution in [-0.4, -0.2) is 19.0 Å². The maximum absolute atomic E-state index is 11.3. The number of Topliss-reactive ketones (excluding diaryl/α,β-unsaturated/α-hetero) is 1. The molecule has 0 amide bonds. The molecule has 0 N–H and O–H groups in total. The van der Waals surface area contributed by atoms with Crippen molar-refractivity contribution < 1.29 is 9.53 Å². The topological polar surface area (TPSA) is 26.3 Å². The zero-order chi connectivity index (χ0) is 10.5. The monoisotopic (exact) mass is 186 g/mol. The molecule has 0 saturated carbocycles. The molecule has 0 aliphatic rings. The van der Waals surface area contributed by atoms with Crippen LogP contribution < -0.4 is 0 Å². The van der Waals surface area contributed by atoms with E-state index in [0.717, 1.165) is 0 Å². The van der Waals surface area contributed by atoms with Gasteiger partial charge in [-0.2, -0.15) is 0 Å². The lowest BCUT2D eigenvalue weighted by Gasteiger charge is -2.26. The van der Waals surface area contributed by atoms with E-state index in [-0.39, 0.29) is 17.8 Å². The van der Waals surface area contributed by atoms with E-state index in [1.165, 1.54) is 0 Å². The van der Waals surface area contributed by atoms with Crippen molar-refractivity contribution in [3.8, 4) is 0 Å². The average molecular weight is 186 g/mol. The normalized spacial score (nSPS) is 14.2. The van der Waals surface area contributed by atoms with Crippen LogP contribution in [0.15, 0.2) is 0 Å². The first-order chi connectivity index (χ1) is 5.88. The van der Waals surface area contributed by atoms with Crippen LogP contribution in [0.25, 0.3) is 0 Å². The van der Waals surface area contributed by atoms with Crippen molar-refractivity contribution in [2.24, 2.45) is 11.3 Å². The summed E-state index contributed by atoms with van der Waals surface area (Å²) in [6.45, 7) is 11.4. The van der Waals surface area contributed by atoms with Crippen LogP contribution in [0.4, 0.5) is 0 Å². The summed E-state index contributed by atoms with van der Waals surface area (Å²) >= 11 is 0. The fourth-order valence-corrected chi connectivity index (χ4v) is 0.923. The molecule has 0 aromatic heterocycles. The molecule has 0 spiro atoms. The third-order valence-electron chi connectivity index (χ3n) is 2.48. The van der Waals surface area contributed by atoms with Crippen molar-refractivity contribution in [1.29, 1.82) is 0 Å². The van der Waals surface area contributed by atoms with Gasteiger partial charge in [-0.25, -0.2) is 0 Å². The lowest BCUT2D eigenvalue weighted by atomic mass is 9.79. The Labute approximate surface area is 81.7 Å². The molecule has 0 fully saturated rings. The number of hydrogen-bond acceptors (Lipinski definition) is 2. The second kappa shape index (κ2) is 5.38. The predicted molar refractivity (Wildman–Crippen MR) is 54.7 cm³/mol. The number of ketones is 1. The lowest BCUT2D eigenvalue weighted by Crippen LogP contribution is -2.22. The summed E-state index contributed by atoms with van der Waals surface area (Å²) in [6, 6.07) is 0. The van der Waals surface area contributed by atoms with Gasteiger partial charge in [-0.1, -0.05) is 27.7 Å². The van der Waals surface area contributed by atoms with Crippen molar-refractivity contribution in [2.75, 3.05) is 13.2 Å². The first-order valence-corrected chi connectivity index (χ1v) is 4.97. The SMILES string of the molecule is CCOCC(=O)CC(C)C(C)(C)C. The molecule has 2 heteroatoms. The first kappa shape index (κ1) is 12.6. The maximum Gasteiger partial charge on any atom is 0.158 e. The Morgan fingerprint density at radius 3 is 2.31 bits per heavy atom. The molecular weight excluding hydrogens is 164 g/mol. The Morgan fingerprint density at radius 1 is 1.38 bits per heavy atom. The Kier molecular flexibility index (Phi) is 5.23. The van der Waals surface area contributed by atoms with E-state index in [9.17, 15) is 4.79 Å². The largest absolute Gasteiger partial charge is 0.374 e. The van der Waals surface area contributed by atoms with Crippen LogP contribution >= 0.6 is 0 Å². The maximum atomic E-state index is 11.3. The molecular formula is C11H22O2. The van der Waals surface area contributed by atoms with Gasteiger partial charge in [0.25, 0.3) is 0 Å². The molecule has 0 aliphatic heterocycles. The second-order valence-electron chi connectivity index (χ2n) is 4.65. The van der Waals surface area contributed by atoms with Gasteiger partial charge in [0.05, 0.1) is 0 Å². The number of hydrogen-bond donors (Lipinski definition) is 0. The van der Waals surface area contributed by atoms with Crippen LogP contribution in [0.3, 0.4) is 0 Å². The van der Waals surface area contributed by atoms with E-state index in [0.29, 0.717) is 18.9 Å². The Hall–Kier alpha value is -0.370. The summed E-state index contributed by atoms with van der Waals surface area (Å²) in [5.74, 6) is 0.629. The van der Waals surface area contributed by atoms with Crippen molar-refractivity contribution in [1.82, 2.24) is 0 Å². The fourth-order valence-electron chi connectivity index (χ4n) is 0.923. The van der Waals surface area contributed by atoms with Gasteiger partial charge in [0.15, 0.2) is 5.78 Å². The summed E-state index contributed by atoms with van der Waals surface area (Å²) < 4.78 is 5.06. The molecule has 0 radical (unpaired) electrons. The van der Waals surface area contributed by atoms with Crippen molar-refractivity contribution in [3.05, 3.63) is 0 Å². The number of carbonyl (C=O) groups is 1. The number of carbonyl (C=O) groups excluding carboxylic acids is 1. The lowest BCUT2D eigenvalue weighted by molar-refractivity contribution is -0.125. The minimum Gasteiger partial charge on any atom is -0.374 e. The van der Waals surface area contributed by atoms with Gasteiger partial charge >= 0.3 is 0 Å². The van der Waals surface area contributed by atoms with Gasteiger partial charge in [-0.15, -0.1) is 0 Å². The standard InChI is InChI=1S/C11H22O2/c1-6-13-8-10(12)7-9(2)11(3,4)5/h9H,6-8H2,1-5H3. The van der Waals surface area contributed by atoms with E-state index in [1.54, 1.807) is 0 Å². The van der Waals surface area contributed by atoms with Crippen LogP contribution in [0.5, 0.6) is 0 Å². The zero-order valence-corrected chi connectivity index (χ0v) is 9.52. The molecule has 0 aromatic rings. The van der Waals surface area contributed by atoms with Gasteiger partial charge in [-0.05, 0) is 18.3 Å². The molecule has 0 aliphatic carbocycles.